The zero-order chi connectivity index (χ0) is 21.9. The number of hydrogen-bond donors (Lipinski definition) is 2. The van der Waals surface area contributed by atoms with Crippen molar-refractivity contribution in [2.24, 2.45) is 10.9 Å². The summed E-state index contributed by atoms with van der Waals surface area (Å²) in [6.45, 7) is 9.45. The molecule has 1 aromatic carbocycles. The van der Waals surface area contributed by atoms with E-state index in [0.717, 1.165) is 74.1 Å². The molecule has 170 valence electrons. The molecule has 0 bridgehead atoms. The highest BCUT2D eigenvalue weighted by Gasteiger charge is 2.30. The summed E-state index contributed by atoms with van der Waals surface area (Å²) in [5.74, 6) is 4.38. The number of hydrogen-bond acceptors (Lipinski definition) is 4. The Kier molecular flexibility index (Phi) is 9.59. The number of para-hydroxylation sites is 1. The van der Waals surface area contributed by atoms with Crippen LogP contribution in [0.1, 0.15) is 38.2 Å². The van der Waals surface area contributed by atoms with Gasteiger partial charge in [0, 0.05) is 48.7 Å². The van der Waals surface area contributed by atoms with Crippen LogP contribution in [0.4, 0.5) is 0 Å². The normalized spacial score (nSPS) is 22.0. The minimum Gasteiger partial charge on any atom is -0.489 e. The molecule has 1 aliphatic carbocycles. The van der Waals surface area contributed by atoms with E-state index in [9.17, 15) is 4.79 Å². The molecule has 0 aromatic heterocycles. The van der Waals surface area contributed by atoms with E-state index in [2.05, 4.69) is 29.0 Å². The standard InChI is InChI=1S/C24H36N4O2S/c1-3-15-30-22-8-6-5-7-20(22)18-26-24(25-4-2)27-21-11-9-19(10-12-21)23(29)28-13-16-31-17-14-28/h3,5-8,19,21H,1,4,9-18H2,2H3,(H2,25,26,27). The lowest BCUT2D eigenvalue weighted by Gasteiger charge is -2.34. The lowest BCUT2D eigenvalue weighted by molar-refractivity contribution is -0.136. The van der Waals surface area contributed by atoms with Crippen molar-refractivity contribution in [2.75, 3.05) is 37.7 Å². The Morgan fingerprint density at radius 1 is 1.26 bits per heavy atom. The average Bonchev–Trinajstić information content (AvgIpc) is 2.82. The number of guanidine groups is 1. The third kappa shape index (κ3) is 7.20. The zero-order valence-electron chi connectivity index (χ0n) is 18.6. The topological polar surface area (TPSA) is 66.0 Å². The zero-order valence-corrected chi connectivity index (χ0v) is 19.5. The first kappa shape index (κ1) is 23.5. The van der Waals surface area contributed by atoms with Crippen LogP contribution in [0, 0.1) is 5.92 Å². The van der Waals surface area contributed by atoms with Gasteiger partial charge in [0.25, 0.3) is 0 Å². The molecule has 1 heterocycles. The number of ether oxygens (including phenoxy) is 1. The van der Waals surface area contributed by atoms with Crippen LogP contribution in [0.2, 0.25) is 0 Å². The van der Waals surface area contributed by atoms with Gasteiger partial charge in [0.2, 0.25) is 5.91 Å². The van der Waals surface area contributed by atoms with Gasteiger partial charge in [-0.25, -0.2) is 4.99 Å². The van der Waals surface area contributed by atoms with Crippen LogP contribution >= 0.6 is 11.8 Å². The molecule has 7 heteroatoms. The summed E-state index contributed by atoms with van der Waals surface area (Å²) < 4.78 is 5.75. The number of nitrogens with zero attached hydrogens (tertiary/aromatic N) is 2. The largest absolute Gasteiger partial charge is 0.489 e. The van der Waals surface area contributed by atoms with E-state index >= 15 is 0 Å². The minimum atomic E-state index is 0.189. The second-order valence-corrected chi connectivity index (χ2v) is 9.26. The second-order valence-electron chi connectivity index (χ2n) is 8.03. The van der Waals surface area contributed by atoms with E-state index in [1.807, 2.05) is 36.0 Å². The summed E-state index contributed by atoms with van der Waals surface area (Å²) in [5, 5.41) is 6.94. The van der Waals surface area contributed by atoms with Gasteiger partial charge in [0.15, 0.2) is 5.96 Å². The van der Waals surface area contributed by atoms with Crippen LogP contribution in [0.3, 0.4) is 0 Å². The van der Waals surface area contributed by atoms with Crippen molar-refractivity contribution in [3.8, 4) is 5.75 Å². The second kappa shape index (κ2) is 12.6. The molecule has 6 nitrogen and oxygen atoms in total. The molecule has 2 fully saturated rings. The Bertz CT molecular complexity index is 741. The van der Waals surface area contributed by atoms with E-state index < -0.39 is 0 Å². The van der Waals surface area contributed by atoms with E-state index in [1.54, 1.807) is 6.08 Å². The average molecular weight is 445 g/mol. The lowest BCUT2D eigenvalue weighted by Crippen LogP contribution is -2.47. The van der Waals surface area contributed by atoms with Crippen molar-refractivity contribution in [3.05, 3.63) is 42.5 Å². The van der Waals surface area contributed by atoms with Gasteiger partial charge in [0.05, 0.1) is 6.54 Å². The van der Waals surface area contributed by atoms with Crippen molar-refractivity contribution >= 4 is 23.6 Å². The molecule has 1 saturated carbocycles. The summed E-state index contributed by atoms with van der Waals surface area (Å²) in [7, 11) is 0. The molecule has 0 unspecified atom stereocenters. The van der Waals surface area contributed by atoms with Crippen LogP contribution in [-0.2, 0) is 11.3 Å². The first-order valence-corrected chi connectivity index (χ1v) is 12.6. The molecule has 0 radical (unpaired) electrons. The molecule has 2 aliphatic rings. The molecule has 2 N–H and O–H groups in total. The first-order chi connectivity index (χ1) is 15.2. The van der Waals surface area contributed by atoms with Gasteiger partial charge in [-0.05, 0) is 38.7 Å². The van der Waals surface area contributed by atoms with Crippen molar-refractivity contribution < 1.29 is 9.53 Å². The van der Waals surface area contributed by atoms with Crippen LogP contribution in [0.5, 0.6) is 5.75 Å². The number of thioether (sulfide) groups is 1. The molecule has 31 heavy (non-hydrogen) atoms. The summed E-state index contributed by atoms with van der Waals surface area (Å²) >= 11 is 1.95. The molecule has 1 amide bonds. The molecule has 0 atom stereocenters. The highest BCUT2D eigenvalue weighted by atomic mass is 32.2. The molecular formula is C24H36N4O2S. The highest BCUT2D eigenvalue weighted by Crippen LogP contribution is 2.27. The predicted molar refractivity (Wildman–Crippen MR) is 130 cm³/mol. The number of amides is 1. The molecule has 0 spiro atoms. The van der Waals surface area contributed by atoms with Crippen LogP contribution in [0.25, 0.3) is 0 Å². The van der Waals surface area contributed by atoms with Crippen molar-refractivity contribution in [2.45, 2.75) is 45.2 Å². The fourth-order valence-electron chi connectivity index (χ4n) is 4.13. The first-order valence-electron chi connectivity index (χ1n) is 11.4. The van der Waals surface area contributed by atoms with Gasteiger partial charge in [-0.3, -0.25) is 4.79 Å². The maximum atomic E-state index is 12.8. The molecule has 1 aromatic rings. The summed E-state index contributed by atoms with van der Waals surface area (Å²) in [6, 6.07) is 8.34. The van der Waals surface area contributed by atoms with Gasteiger partial charge in [-0.15, -0.1) is 0 Å². The number of carbonyl (C=O) groups excluding carboxylic acids is 1. The van der Waals surface area contributed by atoms with E-state index in [-0.39, 0.29) is 5.92 Å². The maximum absolute atomic E-state index is 12.8. The number of nitrogens with one attached hydrogen (secondary N) is 2. The quantitative estimate of drug-likeness (QED) is 0.365. The lowest BCUT2D eigenvalue weighted by atomic mass is 9.85. The Balaban J connectivity index is 1.52. The molecular weight excluding hydrogens is 408 g/mol. The van der Waals surface area contributed by atoms with Crippen molar-refractivity contribution in [1.29, 1.82) is 0 Å². The Morgan fingerprint density at radius 2 is 2.00 bits per heavy atom. The minimum absolute atomic E-state index is 0.189. The number of rotatable bonds is 8. The van der Waals surface area contributed by atoms with Crippen LogP contribution in [-0.4, -0.2) is 60.6 Å². The van der Waals surface area contributed by atoms with Crippen molar-refractivity contribution in [1.82, 2.24) is 15.5 Å². The molecule has 3 rings (SSSR count). The monoisotopic (exact) mass is 444 g/mol. The van der Waals surface area contributed by atoms with Crippen LogP contribution < -0.4 is 15.4 Å². The van der Waals surface area contributed by atoms with Gasteiger partial charge in [0.1, 0.15) is 12.4 Å². The van der Waals surface area contributed by atoms with Crippen LogP contribution in [0.15, 0.2) is 41.9 Å². The van der Waals surface area contributed by atoms with E-state index in [0.29, 0.717) is 25.1 Å². The summed E-state index contributed by atoms with van der Waals surface area (Å²) in [6.07, 6.45) is 5.66. The number of aliphatic imine (C=N–C) groups is 1. The predicted octanol–water partition coefficient (Wildman–Crippen LogP) is 3.44. The fraction of sp³-hybridized carbons (Fsp3) is 0.583. The fourth-order valence-corrected chi connectivity index (χ4v) is 5.03. The molecule has 1 saturated heterocycles. The van der Waals surface area contributed by atoms with Gasteiger partial charge < -0.3 is 20.3 Å². The third-order valence-corrected chi connectivity index (χ3v) is 6.76. The highest BCUT2D eigenvalue weighted by molar-refractivity contribution is 7.99. The Morgan fingerprint density at radius 3 is 2.71 bits per heavy atom. The Hall–Kier alpha value is -2.15. The number of benzene rings is 1. The maximum Gasteiger partial charge on any atom is 0.225 e. The van der Waals surface area contributed by atoms with E-state index in [1.165, 1.54) is 0 Å². The molecule has 1 aliphatic heterocycles. The van der Waals surface area contributed by atoms with Gasteiger partial charge >= 0.3 is 0 Å². The smallest absolute Gasteiger partial charge is 0.225 e. The summed E-state index contributed by atoms with van der Waals surface area (Å²) in [4.78, 5) is 19.7. The third-order valence-electron chi connectivity index (χ3n) is 5.82. The Labute approximate surface area is 190 Å². The van der Waals surface area contributed by atoms with E-state index in [4.69, 9.17) is 9.73 Å². The van der Waals surface area contributed by atoms with Crippen molar-refractivity contribution in [3.63, 3.8) is 0 Å². The number of carbonyl (C=O) groups is 1. The SMILES string of the molecule is C=CCOc1ccccc1CN=C(NCC)NC1CCC(C(=O)N2CCSCC2)CC1. The summed E-state index contributed by atoms with van der Waals surface area (Å²) in [5.41, 5.74) is 1.05. The van der Waals surface area contributed by atoms with Gasteiger partial charge in [-0.2, -0.15) is 11.8 Å². The van der Waals surface area contributed by atoms with Gasteiger partial charge in [-0.1, -0.05) is 30.9 Å².